The zero-order valence-corrected chi connectivity index (χ0v) is 39.9. The summed E-state index contributed by atoms with van der Waals surface area (Å²) in [6, 6.07) is 0. The Labute approximate surface area is 359 Å². The average Bonchev–Trinajstić information content (AvgIpc) is 3.15. The van der Waals surface area contributed by atoms with Gasteiger partial charge in [0.15, 0.2) is 6.10 Å². The van der Waals surface area contributed by atoms with Crippen LogP contribution >= 0.6 is 7.82 Å². The Morgan fingerprint density at radius 1 is 0.474 bits per heavy atom. The summed E-state index contributed by atoms with van der Waals surface area (Å²) in [6.07, 6.45) is 37.5. The van der Waals surface area contributed by atoms with E-state index in [1.165, 1.54) is 154 Å². The van der Waals surface area contributed by atoms with Crippen LogP contribution in [0.4, 0.5) is 0 Å². The standard InChI is InChI=1S/C46H93NO8P.ClH/c1-7-10-12-14-16-18-20-22-24-26-28-30-32-34-36-38-45(48)51-42-44(43-54-56(50,52-9-3)53-41-40-47(4,5)6)55-46(49)39-37-35-33-31-29-27-25-23-21-19-17-15-13-11-8-2;/h44H,7-43H2,1-6H3;1H/q+1;/p-1. The molecule has 11 heteroatoms. The van der Waals surface area contributed by atoms with Gasteiger partial charge in [-0.25, -0.2) is 4.57 Å². The molecule has 0 heterocycles. The van der Waals surface area contributed by atoms with Crippen molar-refractivity contribution in [2.45, 2.75) is 232 Å². The lowest BCUT2D eigenvalue weighted by Crippen LogP contribution is -3.00. The van der Waals surface area contributed by atoms with Gasteiger partial charge in [-0.1, -0.05) is 194 Å². The van der Waals surface area contributed by atoms with E-state index in [2.05, 4.69) is 13.8 Å². The van der Waals surface area contributed by atoms with Crippen molar-refractivity contribution in [1.29, 1.82) is 0 Å². The summed E-state index contributed by atoms with van der Waals surface area (Å²) in [5, 5.41) is 0. The van der Waals surface area contributed by atoms with Crippen LogP contribution in [0.3, 0.4) is 0 Å². The minimum Gasteiger partial charge on any atom is -1.00 e. The second-order valence-corrected chi connectivity index (χ2v) is 18.9. The highest BCUT2D eigenvalue weighted by Gasteiger charge is 2.30. The summed E-state index contributed by atoms with van der Waals surface area (Å²) < 4.78 is 41.8. The number of esters is 2. The molecule has 0 bridgehead atoms. The third kappa shape index (κ3) is 43.2. The van der Waals surface area contributed by atoms with Crippen LogP contribution in [0.25, 0.3) is 0 Å². The average molecular weight is 855 g/mol. The third-order valence-corrected chi connectivity index (χ3v) is 12.0. The summed E-state index contributed by atoms with van der Waals surface area (Å²) in [7, 11) is 2.14. The fraction of sp³-hybridized carbons (Fsp3) is 0.957. The lowest BCUT2D eigenvalue weighted by atomic mass is 10.0. The van der Waals surface area contributed by atoms with Gasteiger partial charge in [-0.15, -0.1) is 0 Å². The van der Waals surface area contributed by atoms with E-state index in [9.17, 15) is 14.2 Å². The molecular weight excluding hydrogens is 761 g/mol. The first-order valence-electron chi connectivity index (χ1n) is 23.7. The molecule has 0 spiro atoms. The molecule has 0 aromatic carbocycles. The van der Waals surface area contributed by atoms with Gasteiger partial charge in [0.1, 0.15) is 19.8 Å². The molecular formula is C46H93ClNO8P. The van der Waals surface area contributed by atoms with E-state index in [1.807, 2.05) is 21.1 Å². The molecule has 0 amide bonds. The second-order valence-electron chi connectivity index (χ2n) is 17.2. The molecule has 0 aliphatic heterocycles. The largest absolute Gasteiger partial charge is 1.00 e. The van der Waals surface area contributed by atoms with E-state index < -0.39 is 13.9 Å². The molecule has 57 heavy (non-hydrogen) atoms. The quantitative estimate of drug-likeness (QED) is 0.0259. The van der Waals surface area contributed by atoms with E-state index in [4.69, 9.17) is 23.0 Å². The lowest BCUT2D eigenvalue weighted by Gasteiger charge is -2.25. The number of rotatable bonds is 44. The maximum absolute atomic E-state index is 13.3. The Hall–Kier alpha value is -0.700. The Bertz CT molecular complexity index is 935. The number of halogens is 1. The Morgan fingerprint density at radius 3 is 1.18 bits per heavy atom. The number of phosphoric acid groups is 1. The zero-order chi connectivity index (χ0) is 41.4. The minimum atomic E-state index is -3.89. The van der Waals surface area contributed by atoms with E-state index in [0.29, 0.717) is 17.4 Å². The molecule has 2 unspecified atom stereocenters. The number of carbonyl (C=O) groups excluding carboxylic acids is 2. The van der Waals surface area contributed by atoms with Crippen LogP contribution in [0.5, 0.6) is 0 Å². The molecule has 0 aromatic rings. The number of hydrogen-bond acceptors (Lipinski definition) is 8. The Kier molecular flexibility index (Phi) is 43.0. The third-order valence-electron chi connectivity index (χ3n) is 10.4. The number of nitrogens with zero attached hydrogens (tertiary/aromatic N) is 1. The predicted molar refractivity (Wildman–Crippen MR) is 234 cm³/mol. The van der Waals surface area contributed by atoms with Gasteiger partial charge in [0.2, 0.25) is 0 Å². The van der Waals surface area contributed by atoms with Gasteiger partial charge in [-0.3, -0.25) is 23.2 Å². The summed E-state index contributed by atoms with van der Waals surface area (Å²) in [5.41, 5.74) is 0. The summed E-state index contributed by atoms with van der Waals surface area (Å²) >= 11 is 0. The van der Waals surface area contributed by atoms with Crippen molar-refractivity contribution in [1.82, 2.24) is 0 Å². The molecule has 0 aromatic heterocycles. The maximum Gasteiger partial charge on any atom is 0.475 e. The number of carbonyl (C=O) groups is 2. The maximum atomic E-state index is 13.3. The molecule has 9 nitrogen and oxygen atoms in total. The Morgan fingerprint density at radius 2 is 0.825 bits per heavy atom. The number of quaternary nitrogens is 1. The van der Waals surface area contributed by atoms with Gasteiger partial charge in [-0.05, 0) is 19.8 Å². The van der Waals surface area contributed by atoms with E-state index in [0.717, 1.165) is 38.5 Å². The predicted octanol–water partition coefficient (Wildman–Crippen LogP) is 10.9. The number of likely N-dealkylation sites (N-methyl/N-ethyl adjacent to an activating group) is 1. The van der Waals surface area contributed by atoms with Crippen molar-refractivity contribution in [3.8, 4) is 0 Å². The number of phosphoric ester groups is 1. The molecule has 0 aliphatic rings. The molecule has 0 rings (SSSR count). The molecule has 342 valence electrons. The van der Waals surface area contributed by atoms with E-state index in [1.54, 1.807) is 6.92 Å². The van der Waals surface area contributed by atoms with Crippen LogP contribution in [-0.2, 0) is 37.2 Å². The summed E-state index contributed by atoms with van der Waals surface area (Å²) in [4.78, 5) is 25.5. The molecule has 2 atom stereocenters. The molecule has 0 aliphatic carbocycles. The van der Waals surface area contributed by atoms with E-state index in [-0.39, 0.29) is 57.2 Å². The first kappa shape index (κ1) is 58.4. The first-order valence-corrected chi connectivity index (χ1v) is 25.2. The number of unbranched alkanes of at least 4 members (excludes halogenated alkanes) is 28. The topological polar surface area (TPSA) is 97.4 Å². The van der Waals surface area contributed by atoms with Gasteiger partial charge in [0.05, 0.1) is 34.4 Å². The van der Waals surface area contributed by atoms with Crippen molar-refractivity contribution >= 4 is 19.8 Å². The van der Waals surface area contributed by atoms with Crippen LogP contribution in [0, 0.1) is 0 Å². The van der Waals surface area contributed by atoms with Gasteiger partial charge in [0.25, 0.3) is 0 Å². The second kappa shape index (κ2) is 42.0. The highest BCUT2D eigenvalue weighted by molar-refractivity contribution is 7.48. The summed E-state index contributed by atoms with van der Waals surface area (Å²) in [6.45, 7) is 6.76. The number of hydrogen-bond donors (Lipinski definition) is 0. The monoisotopic (exact) mass is 854 g/mol. The van der Waals surface area contributed by atoms with Gasteiger partial charge < -0.3 is 26.4 Å². The van der Waals surface area contributed by atoms with Crippen LogP contribution in [0.15, 0.2) is 0 Å². The van der Waals surface area contributed by atoms with Crippen molar-refractivity contribution in [3.05, 3.63) is 0 Å². The van der Waals surface area contributed by atoms with Crippen LogP contribution in [0.1, 0.15) is 226 Å². The molecule has 0 saturated heterocycles. The van der Waals surface area contributed by atoms with Crippen LogP contribution in [0.2, 0.25) is 0 Å². The molecule has 0 radical (unpaired) electrons. The highest BCUT2D eigenvalue weighted by atomic mass is 35.5. The smallest absolute Gasteiger partial charge is 0.475 e. The summed E-state index contributed by atoms with van der Waals surface area (Å²) in [5.74, 6) is -0.695. The van der Waals surface area contributed by atoms with E-state index >= 15 is 0 Å². The normalized spacial score (nSPS) is 13.2. The fourth-order valence-corrected chi connectivity index (χ4v) is 7.97. The first-order chi connectivity index (χ1) is 27.0. The number of ether oxygens (including phenoxy) is 2. The molecule has 0 fully saturated rings. The lowest BCUT2D eigenvalue weighted by molar-refractivity contribution is -0.870. The van der Waals surface area contributed by atoms with Crippen LogP contribution < -0.4 is 12.4 Å². The zero-order valence-electron chi connectivity index (χ0n) is 38.3. The molecule has 0 saturated carbocycles. The van der Waals surface area contributed by atoms with Crippen molar-refractivity contribution in [2.75, 3.05) is 54.1 Å². The minimum absolute atomic E-state index is 0. The van der Waals surface area contributed by atoms with Crippen LogP contribution in [-0.4, -0.2) is 76.6 Å². The fourth-order valence-electron chi connectivity index (χ4n) is 6.77. The van der Waals surface area contributed by atoms with Gasteiger partial charge in [-0.2, -0.15) is 0 Å². The van der Waals surface area contributed by atoms with Gasteiger partial charge in [0, 0.05) is 12.8 Å². The Balaban J connectivity index is 0. The highest BCUT2D eigenvalue weighted by Crippen LogP contribution is 2.49. The van der Waals surface area contributed by atoms with Crippen molar-refractivity contribution < 1.29 is 54.1 Å². The molecule has 0 N–H and O–H groups in total. The SMILES string of the molecule is CCCCCCCCCCCCCCCCCC(=O)OCC(COP(=O)(OCC)OCC[N+](C)(C)C)OC(=O)CCCCCCCCCCCCCCCCC.[Cl-]. The van der Waals surface area contributed by atoms with Crippen molar-refractivity contribution in [3.63, 3.8) is 0 Å². The van der Waals surface area contributed by atoms with Crippen molar-refractivity contribution in [2.24, 2.45) is 0 Å². The van der Waals surface area contributed by atoms with Gasteiger partial charge >= 0.3 is 19.8 Å².